The number of carbonyl (C=O) groups excluding carboxylic acids is 1. The number of urea groups is 1. The average Bonchev–Trinajstić information content (AvgIpc) is 2.63. The Morgan fingerprint density at radius 3 is 2.80 bits per heavy atom. The molecule has 0 saturated carbocycles. The molecule has 84 valence electrons. The Balaban J connectivity index is 2.39. The van der Waals surface area contributed by atoms with Crippen LogP contribution < -0.4 is 10.6 Å². The summed E-state index contributed by atoms with van der Waals surface area (Å²) < 4.78 is 0. The van der Waals surface area contributed by atoms with Crippen molar-refractivity contribution in [2.24, 2.45) is 0 Å². The molecule has 1 aromatic rings. The molecular weight excluding hydrogens is 212 g/mol. The highest BCUT2D eigenvalue weighted by atomic mass is 32.1. The maximum Gasteiger partial charge on any atom is 0.321 e. The van der Waals surface area contributed by atoms with E-state index < -0.39 is 0 Å². The number of hydrogen-bond donors (Lipinski definition) is 2. The van der Waals surface area contributed by atoms with Crippen molar-refractivity contribution in [2.45, 2.75) is 33.1 Å². The van der Waals surface area contributed by atoms with Gasteiger partial charge in [-0.05, 0) is 12.8 Å². The fourth-order valence-corrected chi connectivity index (χ4v) is 1.84. The molecule has 0 aliphatic rings. The van der Waals surface area contributed by atoms with Gasteiger partial charge in [-0.3, -0.25) is 5.32 Å². The zero-order valence-electron chi connectivity index (χ0n) is 9.04. The lowest BCUT2D eigenvalue weighted by atomic mass is 10.4. The van der Waals surface area contributed by atoms with Gasteiger partial charge in [-0.15, -0.1) is 10.2 Å². The van der Waals surface area contributed by atoms with Gasteiger partial charge in [-0.1, -0.05) is 25.2 Å². The molecule has 0 bridgehead atoms. The molecule has 2 N–H and O–H groups in total. The summed E-state index contributed by atoms with van der Waals surface area (Å²) in [5.74, 6) is 0. The van der Waals surface area contributed by atoms with Gasteiger partial charge < -0.3 is 5.32 Å². The molecule has 0 aliphatic carbocycles. The predicted octanol–water partition coefficient (Wildman–Crippen LogP) is 2.02. The number of nitrogens with one attached hydrogen (secondary N) is 2. The van der Waals surface area contributed by atoms with E-state index in [1.807, 2.05) is 6.92 Å². The Morgan fingerprint density at radius 1 is 1.33 bits per heavy atom. The molecule has 0 atom stereocenters. The first-order valence-electron chi connectivity index (χ1n) is 5.13. The van der Waals surface area contributed by atoms with Crippen molar-refractivity contribution in [3.63, 3.8) is 0 Å². The Morgan fingerprint density at radius 2 is 2.13 bits per heavy atom. The molecular formula is C9H16N4OS. The third-order valence-corrected chi connectivity index (χ3v) is 2.59. The number of aromatic nitrogens is 2. The van der Waals surface area contributed by atoms with Crippen LogP contribution in [0.4, 0.5) is 9.93 Å². The number of anilines is 1. The highest BCUT2D eigenvalue weighted by Gasteiger charge is 2.06. The lowest BCUT2D eigenvalue weighted by Gasteiger charge is -2.01. The number of rotatable bonds is 5. The van der Waals surface area contributed by atoms with E-state index >= 15 is 0 Å². The van der Waals surface area contributed by atoms with E-state index in [2.05, 4.69) is 27.8 Å². The summed E-state index contributed by atoms with van der Waals surface area (Å²) in [6, 6.07) is -0.212. The van der Waals surface area contributed by atoms with Crippen molar-refractivity contribution in [1.29, 1.82) is 0 Å². The minimum atomic E-state index is -0.212. The van der Waals surface area contributed by atoms with Crippen LogP contribution in [0.15, 0.2) is 0 Å². The van der Waals surface area contributed by atoms with Gasteiger partial charge in [0.2, 0.25) is 5.13 Å². The summed E-state index contributed by atoms with van der Waals surface area (Å²) in [7, 11) is 0. The van der Waals surface area contributed by atoms with Crippen LogP contribution in [0.25, 0.3) is 0 Å². The Hall–Kier alpha value is -1.17. The summed E-state index contributed by atoms with van der Waals surface area (Å²) in [5.41, 5.74) is 0. The van der Waals surface area contributed by atoms with Gasteiger partial charge in [0.1, 0.15) is 5.01 Å². The fourth-order valence-electron chi connectivity index (χ4n) is 0.999. The van der Waals surface area contributed by atoms with E-state index in [4.69, 9.17) is 0 Å². The second-order valence-corrected chi connectivity index (χ2v) is 4.19. The van der Waals surface area contributed by atoms with Crippen LogP contribution in [0, 0.1) is 0 Å². The lowest BCUT2D eigenvalue weighted by molar-refractivity contribution is 0.252. The number of carbonyl (C=O) groups is 1. The van der Waals surface area contributed by atoms with Gasteiger partial charge in [0.05, 0.1) is 0 Å². The van der Waals surface area contributed by atoms with Crippen LogP contribution >= 0.6 is 11.3 Å². The summed E-state index contributed by atoms with van der Waals surface area (Å²) in [6.45, 7) is 4.76. The molecule has 1 aromatic heterocycles. The first-order chi connectivity index (χ1) is 7.26. The number of nitrogens with zero attached hydrogens (tertiary/aromatic N) is 2. The van der Waals surface area contributed by atoms with Gasteiger partial charge in [-0.25, -0.2) is 4.79 Å². The predicted molar refractivity (Wildman–Crippen MR) is 61.2 cm³/mol. The molecule has 0 radical (unpaired) electrons. The average molecular weight is 228 g/mol. The summed E-state index contributed by atoms with van der Waals surface area (Å²) in [5, 5.41) is 14.7. The van der Waals surface area contributed by atoms with Crippen molar-refractivity contribution in [1.82, 2.24) is 15.5 Å². The SMILES string of the molecule is CCCNC(=O)Nc1nnc(CCC)s1. The molecule has 6 heteroatoms. The number of amides is 2. The molecule has 0 unspecified atom stereocenters. The molecule has 0 aromatic carbocycles. The Labute approximate surface area is 93.3 Å². The van der Waals surface area contributed by atoms with Gasteiger partial charge in [-0.2, -0.15) is 0 Å². The van der Waals surface area contributed by atoms with E-state index in [0.29, 0.717) is 11.7 Å². The minimum Gasteiger partial charge on any atom is -0.338 e. The zero-order chi connectivity index (χ0) is 11.1. The van der Waals surface area contributed by atoms with Crippen LogP contribution in [0.2, 0.25) is 0 Å². The monoisotopic (exact) mass is 228 g/mol. The second kappa shape index (κ2) is 6.34. The highest BCUT2D eigenvalue weighted by molar-refractivity contribution is 7.15. The van der Waals surface area contributed by atoms with Gasteiger partial charge >= 0.3 is 6.03 Å². The number of aryl methyl sites for hydroxylation is 1. The lowest BCUT2D eigenvalue weighted by Crippen LogP contribution is -2.29. The molecule has 2 amide bonds. The maximum atomic E-state index is 11.3. The van der Waals surface area contributed by atoms with Crippen LogP contribution in [0.5, 0.6) is 0 Å². The van der Waals surface area contributed by atoms with E-state index in [9.17, 15) is 4.79 Å². The van der Waals surface area contributed by atoms with Crippen molar-refractivity contribution >= 4 is 22.5 Å². The smallest absolute Gasteiger partial charge is 0.321 e. The normalized spacial score (nSPS) is 10.0. The van der Waals surface area contributed by atoms with Crippen LogP contribution in [0.3, 0.4) is 0 Å². The molecule has 1 rings (SSSR count). The van der Waals surface area contributed by atoms with E-state index in [0.717, 1.165) is 24.3 Å². The third-order valence-electron chi connectivity index (χ3n) is 1.69. The van der Waals surface area contributed by atoms with Crippen molar-refractivity contribution in [3.05, 3.63) is 5.01 Å². The quantitative estimate of drug-likeness (QED) is 0.810. The largest absolute Gasteiger partial charge is 0.338 e. The van der Waals surface area contributed by atoms with Crippen molar-refractivity contribution in [3.8, 4) is 0 Å². The standard InChI is InChI=1S/C9H16N4OS/c1-3-5-7-12-13-9(15-7)11-8(14)10-6-4-2/h3-6H2,1-2H3,(H2,10,11,13,14). The Bertz CT molecular complexity index is 313. The second-order valence-electron chi connectivity index (χ2n) is 3.13. The van der Waals surface area contributed by atoms with Crippen LogP contribution in [-0.2, 0) is 6.42 Å². The van der Waals surface area contributed by atoms with Crippen LogP contribution in [-0.4, -0.2) is 22.8 Å². The molecule has 0 aliphatic heterocycles. The molecule has 0 spiro atoms. The molecule has 0 saturated heterocycles. The van der Waals surface area contributed by atoms with E-state index in [-0.39, 0.29) is 6.03 Å². The van der Waals surface area contributed by atoms with Crippen molar-refractivity contribution in [2.75, 3.05) is 11.9 Å². The zero-order valence-corrected chi connectivity index (χ0v) is 9.86. The van der Waals surface area contributed by atoms with Crippen molar-refractivity contribution < 1.29 is 4.79 Å². The Kier molecular flexibility index (Phi) is 5.03. The summed E-state index contributed by atoms with van der Waals surface area (Å²) in [4.78, 5) is 11.3. The highest BCUT2D eigenvalue weighted by Crippen LogP contribution is 2.15. The topological polar surface area (TPSA) is 66.9 Å². The molecule has 0 fully saturated rings. The van der Waals surface area contributed by atoms with Crippen LogP contribution in [0.1, 0.15) is 31.7 Å². The first kappa shape index (κ1) is 11.9. The third kappa shape index (κ3) is 4.24. The van der Waals surface area contributed by atoms with Gasteiger partial charge in [0.25, 0.3) is 0 Å². The summed E-state index contributed by atoms with van der Waals surface area (Å²) in [6.07, 6.45) is 2.87. The number of hydrogen-bond acceptors (Lipinski definition) is 4. The first-order valence-corrected chi connectivity index (χ1v) is 5.95. The minimum absolute atomic E-state index is 0.212. The maximum absolute atomic E-state index is 11.3. The van der Waals surface area contributed by atoms with E-state index in [1.165, 1.54) is 11.3 Å². The molecule has 1 heterocycles. The van der Waals surface area contributed by atoms with Gasteiger partial charge in [0.15, 0.2) is 0 Å². The molecule has 5 nitrogen and oxygen atoms in total. The molecule has 15 heavy (non-hydrogen) atoms. The summed E-state index contributed by atoms with van der Waals surface area (Å²) >= 11 is 1.43. The van der Waals surface area contributed by atoms with Gasteiger partial charge in [0, 0.05) is 13.0 Å². The fraction of sp³-hybridized carbons (Fsp3) is 0.667. The van der Waals surface area contributed by atoms with E-state index in [1.54, 1.807) is 0 Å².